The van der Waals surface area contributed by atoms with Gasteiger partial charge >= 0.3 is 0 Å². The van der Waals surface area contributed by atoms with Crippen molar-refractivity contribution in [1.82, 2.24) is 0 Å². The first-order chi connectivity index (χ1) is 5.81. The lowest BCUT2D eigenvalue weighted by Gasteiger charge is -1.98. The molecule has 0 atom stereocenters. The summed E-state index contributed by atoms with van der Waals surface area (Å²) in [7, 11) is 0. The third-order valence-corrected chi connectivity index (χ3v) is 1.65. The van der Waals surface area contributed by atoms with Crippen molar-refractivity contribution in [1.29, 1.82) is 0 Å². The van der Waals surface area contributed by atoms with Crippen molar-refractivity contribution < 1.29 is 0 Å². The van der Waals surface area contributed by atoms with Crippen molar-refractivity contribution in [2.75, 3.05) is 0 Å². The molecule has 0 aliphatic carbocycles. The van der Waals surface area contributed by atoms with Gasteiger partial charge in [-0.05, 0) is 40.5 Å². The van der Waals surface area contributed by atoms with Gasteiger partial charge in [0, 0.05) is 0 Å². The van der Waals surface area contributed by atoms with Gasteiger partial charge in [-0.1, -0.05) is 6.92 Å². The van der Waals surface area contributed by atoms with Crippen LogP contribution in [0.25, 0.3) is 0 Å². The Labute approximate surface area is 69.6 Å². The molecule has 0 fully saturated rings. The molecule has 0 aliphatic rings. The smallest absolute Gasteiger partial charge is 0.111 e. The maximum atomic E-state index is 10.2. The number of nitrogens with zero attached hydrogens (tertiary/aromatic N) is 2. The highest BCUT2D eigenvalue weighted by molar-refractivity contribution is 5.54. The van der Waals surface area contributed by atoms with Gasteiger partial charge in [-0.2, -0.15) is 0 Å². The Balaban J connectivity index is 3.18. The first kappa shape index (κ1) is 8.52. The molecule has 0 bridgehead atoms. The number of rotatable bonds is 3. The molecule has 62 valence electrons. The van der Waals surface area contributed by atoms with Crippen LogP contribution in [-0.4, -0.2) is 0 Å². The van der Waals surface area contributed by atoms with E-state index in [9.17, 15) is 9.81 Å². The number of hydrogen-bond donors (Lipinski definition) is 0. The fourth-order valence-electron chi connectivity index (χ4n) is 1.00. The lowest BCUT2D eigenvalue weighted by molar-refractivity contribution is 1.13. The third-order valence-electron chi connectivity index (χ3n) is 1.65. The molecule has 0 radical (unpaired) electrons. The monoisotopic (exact) mass is 164 g/mol. The first-order valence-electron chi connectivity index (χ1n) is 3.61. The standard InChI is InChI=1S/C8H8N2O2/c1-2-6-5-7(9-11)3-4-8(6)10-12/h3-5H,2H2,1H3. The number of nitroso groups, excluding NO2 is 2. The quantitative estimate of drug-likeness (QED) is 0.644. The van der Waals surface area contributed by atoms with Crippen molar-refractivity contribution in [2.24, 2.45) is 10.4 Å². The summed E-state index contributed by atoms with van der Waals surface area (Å²) in [6, 6.07) is 4.55. The lowest BCUT2D eigenvalue weighted by Crippen LogP contribution is -1.79. The summed E-state index contributed by atoms with van der Waals surface area (Å²) in [6.07, 6.45) is 0.671. The summed E-state index contributed by atoms with van der Waals surface area (Å²) in [5.41, 5.74) is 1.46. The molecule has 1 aromatic rings. The summed E-state index contributed by atoms with van der Waals surface area (Å²) in [6.45, 7) is 1.89. The van der Waals surface area contributed by atoms with E-state index in [0.29, 0.717) is 17.8 Å². The van der Waals surface area contributed by atoms with E-state index < -0.39 is 0 Å². The molecule has 12 heavy (non-hydrogen) atoms. The largest absolute Gasteiger partial charge is 0.145 e. The number of aryl methyl sites for hydroxylation is 1. The van der Waals surface area contributed by atoms with Crippen molar-refractivity contribution in [3.05, 3.63) is 33.6 Å². The van der Waals surface area contributed by atoms with E-state index in [4.69, 9.17) is 0 Å². The van der Waals surface area contributed by atoms with Crippen LogP contribution in [0.4, 0.5) is 11.4 Å². The maximum Gasteiger partial charge on any atom is 0.111 e. The van der Waals surface area contributed by atoms with Crippen LogP contribution >= 0.6 is 0 Å². The summed E-state index contributed by atoms with van der Waals surface area (Å²) in [5.74, 6) is 0. The zero-order valence-corrected chi connectivity index (χ0v) is 6.65. The van der Waals surface area contributed by atoms with Gasteiger partial charge in [-0.25, -0.2) is 0 Å². The minimum atomic E-state index is 0.333. The van der Waals surface area contributed by atoms with E-state index in [2.05, 4.69) is 10.4 Å². The average Bonchev–Trinajstić information content (AvgIpc) is 2.16. The van der Waals surface area contributed by atoms with Gasteiger partial charge in [0.05, 0.1) is 0 Å². The Morgan fingerprint density at radius 1 is 1.25 bits per heavy atom. The predicted octanol–water partition coefficient (Wildman–Crippen LogP) is 3.04. The van der Waals surface area contributed by atoms with E-state index in [0.717, 1.165) is 5.56 Å². The summed E-state index contributed by atoms with van der Waals surface area (Å²) in [5, 5.41) is 5.58. The second-order valence-electron chi connectivity index (χ2n) is 2.35. The molecule has 0 unspecified atom stereocenters. The van der Waals surface area contributed by atoms with Crippen LogP contribution in [0, 0.1) is 9.81 Å². The van der Waals surface area contributed by atoms with Gasteiger partial charge in [0.15, 0.2) is 0 Å². The molecule has 4 nitrogen and oxygen atoms in total. The van der Waals surface area contributed by atoms with Crippen LogP contribution in [-0.2, 0) is 6.42 Å². The van der Waals surface area contributed by atoms with E-state index in [-0.39, 0.29) is 0 Å². The summed E-state index contributed by atoms with van der Waals surface area (Å²) in [4.78, 5) is 20.3. The van der Waals surface area contributed by atoms with Crippen LogP contribution in [0.1, 0.15) is 12.5 Å². The molecule has 0 saturated heterocycles. The molecular formula is C8H8N2O2. The fourth-order valence-corrected chi connectivity index (χ4v) is 1.00. The highest BCUT2D eigenvalue weighted by atomic mass is 16.3. The van der Waals surface area contributed by atoms with E-state index in [1.807, 2.05) is 6.92 Å². The second kappa shape index (κ2) is 3.71. The Bertz CT molecular complexity index is 310. The topological polar surface area (TPSA) is 58.9 Å². The predicted molar refractivity (Wildman–Crippen MR) is 46.7 cm³/mol. The van der Waals surface area contributed by atoms with Gasteiger partial charge in [0.25, 0.3) is 0 Å². The zero-order valence-electron chi connectivity index (χ0n) is 6.65. The number of hydrogen-bond acceptors (Lipinski definition) is 4. The van der Waals surface area contributed by atoms with E-state index in [1.54, 1.807) is 6.07 Å². The van der Waals surface area contributed by atoms with Crippen LogP contribution in [0.2, 0.25) is 0 Å². The van der Waals surface area contributed by atoms with E-state index in [1.165, 1.54) is 12.1 Å². The molecule has 0 saturated carbocycles. The molecule has 0 heterocycles. The molecule has 0 amide bonds. The van der Waals surface area contributed by atoms with Crippen LogP contribution in [0.5, 0.6) is 0 Å². The summed E-state index contributed by atoms with van der Waals surface area (Å²) >= 11 is 0. The Morgan fingerprint density at radius 2 is 2.00 bits per heavy atom. The third kappa shape index (κ3) is 1.53. The normalized spacial score (nSPS) is 9.42. The van der Waals surface area contributed by atoms with Gasteiger partial charge in [-0.15, -0.1) is 9.81 Å². The molecule has 1 aromatic carbocycles. The highest BCUT2D eigenvalue weighted by Gasteiger charge is 2.01. The Morgan fingerprint density at radius 3 is 2.50 bits per heavy atom. The molecule has 0 aliphatic heterocycles. The van der Waals surface area contributed by atoms with Crippen LogP contribution < -0.4 is 0 Å². The minimum absolute atomic E-state index is 0.333. The Hall–Kier alpha value is -1.58. The van der Waals surface area contributed by atoms with Gasteiger partial charge < -0.3 is 0 Å². The fraction of sp³-hybridized carbons (Fsp3) is 0.250. The molecule has 0 aromatic heterocycles. The van der Waals surface area contributed by atoms with Crippen molar-refractivity contribution >= 4 is 11.4 Å². The maximum absolute atomic E-state index is 10.2. The van der Waals surface area contributed by atoms with Gasteiger partial charge in [-0.3, -0.25) is 0 Å². The zero-order chi connectivity index (χ0) is 8.97. The van der Waals surface area contributed by atoms with Crippen molar-refractivity contribution in [3.63, 3.8) is 0 Å². The molecular weight excluding hydrogens is 156 g/mol. The molecule has 1 rings (SSSR count). The average molecular weight is 164 g/mol. The lowest BCUT2D eigenvalue weighted by atomic mass is 10.1. The van der Waals surface area contributed by atoms with Gasteiger partial charge in [0.2, 0.25) is 0 Å². The Kier molecular flexibility index (Phi) is 2.63. The van der Waals surface area contributed by atoms with E-state index >= 15 is 0 Å². The SMILES string of the molecule is CCc1cc(N=O)ccc1N=O. The van der Waals surface area contributed by atoms with Gasteiger partial charge in [0.1, 0.15) is 11.4 Å². The second-order valence-corrected chi connectivity index (χ2v) is 2.35. The summed E-state index contributed by atoms with van der Waals surface area (Å²) < 4.78 is 0. The van der Waals surface area contributed by atoms with Crippen molar-refractivity contribution in [2.45, 2.75) is 13.3 Å². The van der Waals surface area contributed by atoms with Crippen molar-refractivity contribution in [3.8, 4) is 0 Å². The highest BCUT2D eigenvalue weighted by Crippen LogP contribution is 2.24. The van der Waals surface area contributed by atoms with Crippen LogP contribution in [0.3, 0.4) is 0 Å². The minimum Gasteiger partial charge on any atom is -0.145 e. The molecule has 0 N–H and O–H groups in total. The molecule has 4 heteroatoms. The molecule has 0 spiro atoms. The van der Waals surface area contributed by atoms with Crippen LogP contribution in [0.15, 0.2) is 28.6 Å². The first-order valence-corrected chi connectivity index (χ1v) is 3.61. The number of benzene rings is 1.